The van der Waals surface area contributed by atoms with Gasteiger partial charge in [-0.3, -0.25) is 24.2 Å². The first-order valence-corrected chi connectivity index (χ1v) is 10.1. The van der Waals surface area contributed by atoms with Gasteiger partial charge in [0.15, 0.2) is 5.96 Å². The monoisotopic (exact) mass is 425 g/mol. The molecule has 2 rings (SSSR count). The number of hydrogen-bond donors (Lipinski definition) is 5. The van der Waals surface area contributed by atoms with Crippen molar-refractivity contribution >= 4 is 29.7 Å². The fourth-order valence-electron chi connectivity index (χ4n) is 3.92. The minimum Gasteiger partial charge on any atom is -0.480 e. The Morgan fingerprint density at radius 2 is 1.70 bits per heavy atom. The Bertz CT molecular complexity index is 694. The molecule has 0 aromatic carbocycles. The highest BCUT2D eigenvalue weighted by Gasteiger charge is 2.42. The topological polar surface area (TPSA) is 197 Å². The van der Waals surface area contributed by atoms with Crippen LogP contribution in [-0.4, -0.2) is 88.9 Å². The molecule has 0 unspecified atom stereocenters. The maximum atomic E-state index is 13.1. The molecule has 0 aromatic rings. The molecule has 2 heterocycles. The van der Waals surface area contributed by atoms with Crippen molar-refractivity contribution in [1.82, 2.24) is 15.1 Å². The number of guanidine groups is 1. The van der Waals surface area contributed by atoms with Crippen molar-refractivity contribution in [2.24, 2.45) is 22.2 Å². The van der Waals surface area contributed by atoms with Crippen molar-refractivity contribution in [3.05, 3.63) is 0 Å². The molecule has 8 N–H and O–H groups in total. The van der Waals surface area contributed by atoms with Gasteiger partial charge in [0.05, 0.1) is 6.04 Å². The Balaban J connectivity index is 1.97. The number of carboxylic acid groups (broad SMARTS) is 1. The van der Waals surface area contributed by atoms with Gasteiger partial charge in [-0.25, -0.2) is 0 Å². The van der Waals surface area contributed by atoms with E-state index in [2.05, 4.69) is 10.3 Å². The van der Waals surface area contributed by atoms with Gasteiger partial charge in [0.2, 0.25) is 17.7 Å². The van der Waals surface area contributed by atoms with Crippen molar-refractivity contribution in [3.63, 3.8) is 0 Å². The lowest BCUT2D eigenvalue weighted by Gasteiger charge is -2.32. The van der Waals surface area contributed by atoms with Crippen molar-refractivity contribution in [2.75, 3.05) is 26.2 Å². The molecule has 0 spiro atoms. The maximum Gasteiger partial charge on any atom is 0.322 e. The van der Waals surface area contributed by atoms with Gasteiger partial charge < -0.3 is 37.4 Å². The predicted octanol–water partition coefficient (Wildman–Crippen LogP) is -2.45. The van der Waals surface area contributed by atoms with Gasteiger partial charge in [-0.15, -0.1) is 0 Å². The summed E-state index contributed by atoms with van der Waals surface area (Å²) in [7, 11) is 0. The summed E-state index contributed by atoms with van der Waals surface area (Å²) in [5, 5.41) is 11.1. The third-order valence-electron chi connectivity index (χ3n) is 5.36. The fourth-order valence-corrected chi connectivity index (χ4v) is 3.92. The average molecular weight is 425 g/mol. The number of rotatable bonds is 9. The number of likely N-dealkylation sites (tertiary alicyclic amines) is 2. The third kappa shape index (κ3) is 6.05. The molecular weight excluding hydrogens is 394 g/mol. The average Bonchev–Trinajstić information content (AvgIpc) is 3.37. The smallest absolute Gasteiger partial charge is 0.322 e. The Morgan fingerprint density at radius 3 is 2.33 bits per heavy atom. The fraction of sp³-hybridized carbons (Fsp3) is 0.722. The Morgan fingerprint density at radius 1 is 1.07 bits per heavy atom. The van der Waals surface area contributed by atoms with E-state index in [1.165, 1.54) is 9.80 Å². The Hall–Kier alpha value is -2.89. The van der Waals surface area contributed by atoms with E-state index in [4.69, 9.17) is 22.3 Å². The molecule has 3 amide bonds. The van der Waals surface area contributed by atoms with E-state index in [1.54, 1.807) is 0 Å². The normalized spacial score (nSPS) is 21.9. The second-order valence-corrected chi connectivity index (χ2v) is 7.55. The van der Waals surface area contributed by atoms with Crippen molar-refractivity contribution < 1.29 is 24.3 Å². The summed E-state index contributed by atoms with van der Waals surface area (Å²) in [6, 6.07) is -2.14. The largest absolute Gasteiger partial charge is 0.480 e. The summed E-state index contributed by atoms with van der Waals surface area (Å²) >= 11 is 0. The highest BCUT2D eigenvalue weighted by atomic mass is 16.4. The summed E-state index contributed by atoms with van der Waals surface area (Å²) in [6.07, 6.45) is 3.20. The van der Waals surface area contributed by atoms with Crippen LogP contribution in [0.1, 0.15) is 38.5 Å². The molecule has 0 saturated carbocycles. The molecule has 3 atom stereocenters. The molecule has 0 bridgehead atoms. The molecule has 2 aliphatic heterocycles. The summed E-state index contributed by atoms with van der Waals surface area (Å²) in [6.45, 7) is 0.695. The molecule has 12 nitrogen and oxygen atoms in total. The number of nitrogens with one attached hydrogen (secondary N) is 1. The molecule has 30 heavy (non-hydrogen) atoms. The summed E-state index contributed by atoms with van der Waals surface area (Å²) < 4.78 is 0. The van der Waals surface area contributed by atoms with Crippen molar-refractivity contribution in [2.45, 2.75) is 56.7 Å². The second kappa shape index (κ2) is 10.8. The first kappa shape index (κ1) is 23.4. The first-order valence-electron chi connectivity index (χ1n) is 10.1. The number of nitrogens with two attached hydrogens (primary N) is 3. The van der Waals surface area contributed by atoms with Crippen molar-refractivity contribution in [3.8, 4) is 0 Å². The Kier molecular flexibility index (Phi) is 8.39. The number of hydrogen-bond acceptors (Lipinski definition) is 6. The van der Waals surface area contributed by atoms with Gasteiger partial charge in [0, 0.05) is 19.6 Å². The highest BCUT2D eigenvalue weighted by Crippen LogP contribution is 2.25. The van der Waals surface area contributed by atoms with E-state index in [0.717, 1.165) is 0 Å². The molecule has 2 aliphatic rings. The SMILES string of the molecule is NC(N)=NCCC[C@H](N)C(=O)N1CCC[C@H]1C(=O)N1CCC[C@H]1C(=O)NCC(=O)O. The summed E-state index contributed by atoms with van der Waals surface area (Å²) in [4.78, 5) is 55.7. The molecular formula is C18H31N7O5. The van der Waals surface area contributed by atoms with Crippen LogP contribution in [0.2, 0.25) is 0 Å². The van der Waals surface area contributed by atoms with E-state index >= 15 is 0 Å². The van der Waals surface area contributed by atoms with E-state index in [1.807, 2.05) is 0 Å². The van der Waals surface area contributed by atoms with Crippen molar-refractivity contribution in [1.29, 1.82) is 0 Å². The van der Waals surface area contributed by atoms with Crippen LogP contribution in [0.3, 0.4) is 0 Å². The zero-order valence-corrected chi connectivity index (χ0v) is 17.0. The minimum atomic E-state index is -1.15. The molecule has 12 heteroatoms. The maximum absolute atomic E-state index is 13.1. The van der Waals surface area contributed by atoms with Gasteiger partial charge in [-0.05, 0) is 38.5 Å². The van der Waals surface area contributed by atoms with Crippen LogP contribution in [0.4, 0.5) is 0 Å². The van der Waals surface area contributed by atoms with Crippen LogP contribution in [0.25, 0.3) is 0 Å². The minimum absolute atomic E-state index is 0.0207. The second-order valence-electron chi connectivity index (χ2n) is 7.55. The van der Waals surface area contributed by atoms with Crippen LogP contribution in [-0.2, 0) is 19.2 Å². The van der Waals surface area contributed by atoms with Gasteiger partial charge in [-0.1, -0.05) is 0 Å². The lowest BCUT2D eigenvalue weighted by Crippen LogP contribution is -2.55. The number of carboxylic acids is 1. The predicted molar refractivity (Wildman–Crippen MR) is 108 cm³/mol. The molecule has 0 radical (unpaired) electrons. The summed E-state index contributed by atoms with van der Waals surface area (Å²) in [5.74, 6) is -2.26. The number of carbonyl (C=O) groups excluding carboxylic acids is 3. The van der Waals surface area contributed by atoms with E-state index < -0.39 is 36.5 Å². The molecule has 2 saturated heterocycles. The van der Waals surface area contributed by atoms with Gasteiger partial charge in [-0.2, -0.15) is 0 Å². The van der Waals surface area contributed by atoms with Crippen LogP contribution in [0.5, 0.6) is 0 Å². The third-order valence-corrected chi connectivity index (χ3v) is 5.36. The number of amides is 3. The van der Waals surface area contributed by atoms with E-state index in [0.29, 0.717) is 58.2 Å². The zero-order chi connectivity index (χ0) is 22.3. The number of carbonyl (C=O) groups is 4. The van der Waals surface area contributed by atoms with Crippen LogP contribution >= 0.6 is 0 Å². The number of nitrogens with zero attached hydrogens (tertiary/aromatic N) is 3. The van der Waals surface area contributed by atoms with Gasteiger partial charge in [0.25, 0.3) is 0 Å². The Labute approximate surface area is 174 Å². The number of aliphatic imine (C=N–C) groups is 1. The van der Waals surface area contributed by atoms with Crippen LogP contribution in [0, 0.1) is 0 Å². The van der Waals surface area contributed by atoms with E-state index in [-0.39, 0.29) is 17.8 Å². The molecule has 2 fully saturated rings. The number of aliphatic carboxylic acids is 1. The standard InChI is InChI=1S/C18H31N7O5/c19-11(4-1-7-22-18(20)21)16(29)25-9-3-6-13(25)17(30)24-8-2-5-12(24)15(28)23-10-14(26)27/h11-13H,1-10,19H2,(H,23,28)(H,26,27)(H4,20,21,22)/t11-,12-,13-/m0/s1. The van der Waals surface area contributed by atoms with E-state index in [9.17, 15) is 19.2 Å². The quantitative estimate of drug-likeness (QED) is 0.152. The lowest BCUT2D eigenvalue weighted by molar-refractivity contribution is -0.147. The highest BCUT2D eigenvalue weighted by molar-refractivity contribution is 5.94. The summed E-state index contributed by atoms with van der Waals surface area (Å²) in [5.41, 5.74) is 16.6. The van der Waals surface area contributed by atoms with Gasteiger partial charge in [0.1, 0.15) is 18.6 Å². The van der Waals surface area contributed by atoms with Gasteiger partial charge >= 0.3 is 5.97 Å². The lowest BCUT2D eigenvalue weighted by atomic mass is 10.1. The molecule has 168 valence electrons. The van der Waals surface area contributed by atoms with Crippen LogP contribution < -0.4 is 22.5 Å². The molecule has 0 aromatic heterocycles. The first-order chi connectivity index (χ1) is 14.2. The molecule has 0 aliphatic carbocycles. The van der Waals surface area contributed by atoms with Crippen LogP contribution in [0.15, 0.2) is 4.99 Å². The zero-order valence-electron chi connectivity index (χ0n) is 17.0.